The molecule has 0 aliphatic heterocycles. The van der Waals surface area contributed by atoms with Gasteiger partial charge in [0.1, 0.15) is 0 Å². The summed E-state index contributed by atoms with van der Waals surface area (Å²) in [5.74, 6) is 0. The van der Waals surface area contributed by atoms with Gasteiger partial charge in [-0.3, -0.25) is 0 Å². The van der Waals surface area contributed by atoms with Gasteiger partial charge in [0.15, 0.2) is 6.29 Å². The third-order valence-electron chi connectivity index (χ3n) is 4.64. The zero-order valence-electron chi connectivity index (χ0n) is 15.8. The molecule has 0 aliphatic carbocycles. The van der Waals surface area contributed by atoms with E-state index in [2.05, 4.69) is 6.92 Å². The molecule has 2 nitrogen and oxygen atoms in total. The number of aliphatic hydroxyl groups is 2. The van der Waals surface area contributed by atoms with Crippen molar-refractivity contribution in [3.8, 4) is 0 Å². The van der Waals surface area contributed by atoms with Crippen molar-refractivity contribution in [2.75, 3.05) is 0 Å². The molecule has 0 aromatic heterocycles. The molecular weight excluding hydrogens is 284 g/mol. The second-order valence-corrected chi connectivity index (χ2v) is 7.10. The van der Waals surface area contributed by atoms with E-state index in [-0.39, 0.29) is 0 Å². The van der Waals surface area contributed by atoms with Gasteiger partial charge in [-0.25, -0.2) is 0 Å². The SMILES string of the molecule is CCCCCCCCCCCCCCCCCC[CH]CC(O)O. The number of unbranched alkanes of at least 4 members (excludes halogenated alkanes) is 17. The third-order valence-corrected chi connectivity index (χ3v) is 4.64. The van der Waals surface area contributed by atoms with Crippen molar-refractivity contribution in [2.24, 2.45) is 0 Å². The van der Waals surface area contributed by atoms with Gasteiger partial charge >= 0.3 is 0 Å². The van der Waals surface area contributed by atoms with Crippen molar-refractivity contribution in [2.45, 2.75) is 129 Å². The van der Waals surface area contributed by atoms with Crippen LogP contribution >= 0.6 is 0 Å². The number of hydrogen-bond acceptors (Lipinski definition) is 2. The Morgan fingerprint density at radius 1 is 0.565 bits per heavy atom. The van der Waals surface area contributed by atoms with Gasteiger partial charge in [-0.1, -0.05) is 110 Å². The quantitative estimate of drug-likeness (QED) is 0.209. The monoisotopic (exact) mass is 327 g/mol. The average molecular weight is 328 g/mol. The van der Waals surface area contributed by atoms with E-state index in [0.717, 1.165) is 6.42 Å². The standard InChI is InChI=1S/C21H43O2/c1-2-3-4-5-6-7-8-9-10-11-12-13-14-15-16-17-18-19-20-21(22)23/h19,21-23H,2-18,20H2,1H3. The maximum Gasteiger partial charge on any atom is 0.151 e. The van der Waals surface area contributed by atoms with Crippen LogP contribution < -0.4 is 0 Å². The fourth-order valence-electron chi connectivity index (χ4n) is 3.10. The van der Waals surface area contributed by atoms with E-state index in [1.165, 1.54) is 103 Å². The predicted molar refractivity (Wildman–Crippen MR) is 101 cm³/mol. The van der Waals surface area contributed by atoms with Crippen molar-refractivity contribution < 1.29 is 10.2 Å². The fourth-order valence-corrected chi connectivity index (χ4v) is 3.10. The molecule has 0 aromatic rings. The van der Waals surface area contributed by atoms with Gasteiger partial charge < -0.3 is 10.2 Å². The van der Waals surface area contributed by atoms with Crippen LogP contribution in [0, 0.1) is 6.42 Å². The molecule has 2 N–H and O–H groups in total. The first-order valence-corrected chi connectivity index (χ1v) is 10.4. The van der Waals surface area contributed by atoms with Crippen molar-refractivity contribution >= 4 is 0 Å². The van der Waals surface area contributed by atoms with Gasteiger partial charge in [-0.05, 0) is 12.8 Å². The average Bonchev–Trinajstić information content (AvgIpc) is 2.53. The second-order valence-electron chi connectivity index (χ2n) is 7.10. The molecular formula is C21H43O2. The lowest BCUT2D eigenvalue weighted by molar-refractivity contribution is -0.0393. The minimum absolute atomic E-state index is 0.415. The summed E-state index contributed by atoms with van der Waals surface area (Å²) in [5.41, 5.74) is 0. The smallest absolute Gasteiger partial charge is 0.151 e. The predicted octanol–water partition coefficient (Wildman–Crippen LogP) is 6.54. The van der Waals surface area contributed by atoms with E-state index in [1.807, 2.05) is 6.42 Å². The first-order chi connectivity index (χ1) is 11.3. The Morgan fingerprint density at radius 3 is 1.26 bits per heavy atom. The zero-order valence-corrected chi connectivity index (χ0v) is 15.8. The minimum Gasteiger partial charge on any atom is -0.368 e. The van der Waals surface area contributed by atoms with Crippen LogP contribution in [-0.2, 0) is 0 Å². The highest BCUT2D eigenvalue weighted by Crippen LogP contribution is 2.14. The van der Waals surface area contributed by atoms with Crippen LogP contribution in [0.2, 0.25) is 0 Å². The van der Waals surface area contributed by atoms with E-state index in [4.69, 9.17) is 10.2 Å². The van der Waals surface area contributed by atoms with E-state index >= 15 is 0 Å². The molecule has 2 heteroatoms. The fraction of sp³-hybridized carbons (Fsp3) is 0.952. The van der Waals surface area contributed by atoms with Crippen molar-refractivity contribution in [3.63, 3.8) is 0 Å². The van der Waals surface area contributed by atoms with Gasteiger partial charge in [0.05, 0.1) is 0 Å². The molecule has 0 bridgehead atoms. The molecule has 0 saturated heterocycles. The first-order valence-electron chi connectivity index (χ1n) is 10.4. The highest BCUT2D eigenvalue weighted by molar-refractivity contribution is 4.65. The van der Waals surface area contributed by atoms with Crippen LogP contribution in [0.4, 0.5) is 0 Å². The van der Waals surface area contributed by atoms with Crippen LogP contribution in [-0.4, -0.2) is 16.5 Å². The first kappa shape index (κ1) is 22.9. The number of hydrogen-bond donors (Lipinski definition) is 2. The topological polar surface area (TPSA) is 40.5 Å². The lowest BCUT2D eigenvalue weighted by Gasteiger charge is -2.04. The summed E-state index contributed by atoms with van der Waals surface area (Å²) >= 11 is 0. The maximum atomic E-state index is 8.71. The summed E-state index contributed by atoms with van der Waals surface area (Å²) in [4.78, 5) is 0. The molecule has 0 amide bonds. The summed E-state index contributed by atoms with van der Waals surface area (Å²) < 4.78 is 0. The molecule has 0 fully saturated rings. The lowest BCUT2D eigenvalue weighted by Crippen LogP contribution is -2.03. The Kier molecular flexibility index (Phi) is 19.9. The molecule has 1 radical (unpaired) electrons. The summed E-state index contributed by atoms with van der Waals surface area (Å²) in [5, 5.41) is 17.4. The van der Waals surface area contributed by atoms with E-state index in [9.17, 15) is 0 Å². The van der Waals surface area contributed by atoms with Gasteiger partial charge in [-0.15, -0.1) is 0 Å². The van der Waals surface area contributed by atoms with Crippen LogP contribution in [0.25, 0.3) is 0 Å². The Balaban J connectivity index is 2.95. The van der Waals surface area contributed by atoms with Crippen LogP contribution in [0.3, 0.4) is 0 Å². The number of rotatable bonds is 19. The van der Waals surface area contributed by atoms with Crippen molar-refractivity contribution in [3.05, 3.63) is 6.42 Å². The van der Waals surface area contributed by atoms with Crippen LogP contribution in [0.15, 0.2) is 0 Å². The lowest BCUT2D eigenvalue weighted by atomic mass is 10.0. The van der Waals surface area contributed by atoms with Crippen LogP contribution in [0.1, 0.15) is 122 Å². The molecule has 0 aromatic carbocycles. The molecule has 0 saturated carbocycles. The molecule has 139 valence electrons. The zero-order chi connectivity index (χ0) is 17.0. The molecule has 23 heavy (non-hydrogen) atoms. The summed E-state index contributed by atoms with van der Waals surface area (Å²) in [7, 11) is 0. The highest BCUT2D eigenvalue weighted by atomic mass is 16.5. The Labute approximate surface area is 146 Å². The maximum absolute atomic E-state index is 8.71. The summed E-state index contributed by atoms with van der Waals surface area (Å²) in [6.45, 7) is 2.28. The summed E-state index contributed by atoms with van der Waals surface area (Å²) in [6.07, 6.45) is 24.6. The molecule has 0 aliphatic rings. The van der Waals surface area contributed by atoms with Gasteiger partial charge in [-0.2, -0.15) is 0 Å². The second kappa shape index (κ2) is 20.0. The highest BCUT2D eigenvalue weighted by Gasteiger charge is 1.97. The normalized spacial score (nSPS) is 11.5. The number of aliphatic hydroxyl groups excluding tert-OH is 1. The Morgan fingerprint density at radius 2 is 0.913 bits per heavy atom. The van der Waals surface area contributed by atoms with Gasteiger partial charge in [0, 0.05) is 6.42 Å². The Bertz CT molecular complexity index is 204. The van der Waals surface area contributed by atoms with Crippen molar-refractivity contribution in [1.29, 1.82) is 0 Å². The van der Waals surface area contributed by atoms with Gasteiger partial charge in [0.2, 0.25) is 0 Å². The molecule has 0 heterocycles. The molecule has 0 atom stereocenters. The van der Waals surface area contributed by atoms with Crippen molar-refractivity contribution in [1.82, 2.24) is 0 Å². The van der Waals surface area contributed by atoms with E-state index in [0.29, 0.717) is 6.42 Å². The van der Waals surface area contributed by atoms with Crippen LogP contribution in [0.5, 0.6) is 0 Å². The minimum atomic E-state index is -1.16. The molecule has 0 rings (SSSR count). The molecule has 0 spiro atoms. The molecule has 0 unspecified atom stereocenters. The van der Waals surface area contributed by atoms with Gasteiger partial charge in [0.25, 0.3) is 0 Å². The third kappa shape index (κ3) is 21.9. The van der Waals surface area contributed by atoms with E-state index < -0.39 is 6.29 Å². The largest absolute Gasteiger partial charge is 0.368 e. The summed E-state index contributed by atoms with van der Waals surface area (Å²) in [6, 6.07) is 0. The van der Waals surface area contributed by atoms with E-state index in [1.54, 1.807) is 0 Å². The Hall–Kier alpha value is -0.0800.